The molecule has 0 saturated carbocycles. The van der Waals surface area contributed by atoms with Gasteiger partial charge in [-0.1, -0.05) is 23.8 Å². The minimum Gasteiger partial charge on any atom is -0.872 e. The first-order chi connectivity index (χ1) is 8.91. The predicted molar refractivity (Wildman–Crippen MR) is 72.5 cm³/mol. The van der Waals surface area contributed by atoms with Crippen LogP contribution >= 0.6 is 0 Å². The molecule has 2 aromatic carbocycles. The van der Waals surface area contributed by atoms with Gasteiger partial charge in [0, 0.05) is 0 Å². The molecule has 0 aliphatic heterocycles. The highest BCUT2D eigenvalue weighted by Gasteiger charge is 2.12. The fourth-order valence-electron chi connectivity index (χ4n) is 2.40. The van der Waals surface area contributed by atoms with Crippen molar-refractivity contribution in [3.63, 3.8) is 0 Å². The zero-order valence-electron chi connectivity index (χ0n) is 11.2. The van der Waals surface area contributed by atoms with E-state index in [-0.39, 0.29) is 11.3 Å². The van der Waals surface area contributed by atoms with E-state index in [0.717, 1.165) is 22.3 Å². The van der Waals surface area contributed by atoms with Crippen LogP contribution in [0.3, 0.4) is 0 Å². The van der Waals surface area contributed by atoms with Crippen molar-refractivity contribution in [3.05, 3.63) is 52.6 Å². The fraction of sp³-hybridized carbons (Fsp3) is 0.188. The number of aryl methyl sites for hydroxylation is 2. The van der Waals surface area contributed by atoms with Gasteiger partial charge in [0.25, 0.3) is 0 Å². The molecule has 0 spiro atoms. The number of carboxylic acid groups (broad SMARTS) is 1. The van der Waals surface area contributed by atoms with E-state index in [0.29, 0.717) is 5.56 Å². The number of carbonyl (C=O) groups is 1. The molecule has 98 valence electrons. The molecular weight excluding hydrogens is 240 g/mol. The molecule has 0 aliphatic carbocycles. The molecule has 0 bridgehead atoms. The van der Waals surface area contributed by atoms with Crippen molar-refractivity contribution in [2.45, 2.75) is 20.8 Å². The molecule has 2 rings (SSSR count). The Morgan fingerprint density at radius 3 is 2.21 bits per heavy atom. The van der Waals surface area contributed by atoms with Crippen LogP contribution in [0.2, 0.25) is 0 Å². The van der Waals surface area contributed by atoms with Crippen molar-refractivity contribution in [2.75, 3.05) is 0 Å². The van der Waals surface area contributed by atoms with Crippen molar-refractivity contribution < 1.29 is 15.0 Å². The number of hydrogen-bond donors (Lipinski definition) is 1. The molecule has 0 radical (unpaired) electrons. The van der Waals surface area contributed by atoms with Crippen molar-refractivity contribution >= 4 is 5.97 Å². The lowest BCUT2D eigenvalue weighted by atomic mass is 9.91. The summed E-state index contributed by atoms with van der Waals surface area (Å²) in [7, 11) is 0. The third-order valence-electron chi connectivity index (χ3n) is 3.33. The average molecular weight is 255 g/mol. The monoisotopic (exact) mass is 255 g/mol. The highest BCUT2D eigenvalue weighted by Crippen LogP contribution is 2.33. The third kappa shape index (κ3) is 2.32. The minimum atomic E-state index is -0.938. The Kier molecular flexibility index (Phi) is 3.30. The standard InChI is InChI=1S/C16H16O3/c1-9-7-12(16(18)19)8-10(2)15(9)13-5-4-6-14(17)11(13)3/h4-8,17H,1-3H3,(H,18,19)/p-1. The Hall–Kier alpha value is -2.29. The summed E-state index contributed by atoms with van der Waals surface area (Å²) in [6, 6.07) is 8.44. The summed E-state index contributed by atoms with van der Waals surface area (Å²) in [6.07, 6.45) is 0. The van der Waals surface area contributed by atoms with E-state index in [1.165, 1.54) is 6.07 Å². The van der Waals surface area contributed by atoms with Gasteiger partial charge in [-0.15, -0.1) is 5.75 Å². The number of aromatic carboxylic acids is 1. The molecule has 0 heterocycles. The molecule has 2 aromatic rings. The van der Waals surface area contributed by atoms with Crippen molar-refractivity contribution in [1.82, 2.24) is 0 Å². The number of benzene rings is 2. The molecule has 3 heteroatoms. The maximum absolute atomic E-state index is 11.7. The Morgan fingerprint density at radius 2 is 1.68 bits per heavy atom. The van der Waals surface area contributed by atoms with E-state index >= 15 is 0 Å². The van der Waals surface area contributed by atoms with Crippen LogP contribution in [0.4, 0.5) is 0 Å². The second kappa shape index (κ2) is 4.76. The smallest absolute Gasteiger partial charge is 0.335 e. The number of hydrogen-bond acceptors (Lipinski definition) is 2. The summed E-state index contributed by atoms with van der Waals surface area (Å²) in [5.74, 6) is -0.939. The summed E-state index contributed by atoms with van der Waals surface area (Å²) < 4.78 is 0. The van der Waals surface area contributed by atoms with Gasteiger partial charge in [0.1, 0.15) is 0 Å². The van der Waals surface area contributed by atoms with Crippen molar-refractivity contribution in [2.24, 2.45) is 0 Å². The van der Waals surface area contributed by atoms with Crippen LogP contribution in [0.1, 0.15) is 27.0 Å². The maximum Gasteiger partial charge on any atom is 0.335 e. The third-order valence-corrected chi connectivity index (χ3v) is 3.33. The van der Waals surface area contributed by atoms with Crippen LogP contribution in [-0.4, -0.2) is 11.1 Å². The van der Waals surface area contributed by atoms with Gasteiger partial charge in [0.05, 0.1) is 5.56 Å². The van der Waals surface area contributed by atoms with E-state index in [1.54, 1.807) is 25.1 Å². The summed E-state index contributed by atoms with van der Waals surface area (Å²) in [4.78, 5) is 11.0. The highest BCUT2D eigenvalue weighted by atomic mass is 16.4. The van der Waals surface area contributed by atoms with Gasteiger partial charge in [0.2, 0.25) is 0 Å². The molecule has 0 aromatic heterocycles. The van der Waals surface area contributed by atoms with Crippen molar-refractivity contribution in [1.29, 1.82) is 0 Å². The quantitative estimate of drug-likeness (QED) is 0.897. The van der Waals surface area contributed by atoms with Crippen LogP contribution in [0.25, 0.3) is 11.1 Å². The lowest BCUT2D eigenvalue weighted by molar-refractivity contribution is -0.269. The Labute approximate surface area is 112 Å². The topological polar surface area (TPSA) is 60.4 Å². The number of carboxylic acids is 1. The van der Waals surface area contributed by atoms with E-state index in [1.807, 2.05) is 19.9 Å². The van der Waals surface area contributed by atoms with Crippen LogP contribution in [0.5, 0.6) is 5.75 Å². The van der Waals surface area contributed by atoms with Crippen molar-refractivity contribution in [3.8, 4) is 16.9 Å². The second-order valence-electron chi connectivity index (χ2n) is 4.72. The van der Waals surface area contributed by atoms with Gasteiger partial charge in [0.15, 0.2) is 0 Å². The SMILES string of the molecule is Cc1cc(C(=O)O)cc(C)c1-c1cccc([O-])c1C. The summed E-state index contributed by atoms with van der Waals surface area (Å²) >= 11 is 0. The first kappa shape index (κ1) is 13.1. The summed E-state index contributed by atoms with van der Waals surface area (Å²) in [5.41, 5.74) is 4.52. The van der Waals surface area contributed by atoms with E-state index in [2.05, 4.69) is 0 Å². The van der Waals surface area contributed by atoms with Gasteiger partial charge in [-0.25, -0.2) is 4.79 Å². The highest BCUT2D eigenvalue weighted by molar-refractivity contribution is 5.90. The molecule has 0 atom stereocenters. The maximum atomic E-state index is 11.7. The van der Waals surface area contributed by atoms with E-state index in [9.17, 15) is 9.90 Å². The Balaban J connectivity index is 2.70. The van der Waals surface area contributed by atoms with Gasteiger partial charge in [-0.05, 0) is 55.2 Å². The average Bonchev–Trinajstić information content (AvgIpc) is 2.33. The molecule has 3 nitrogen and oxygen atoms in total. The lowest BCUT2D eigenvalue weighted by Gasteiger charge is -2.18. The lowest BCUT2D eigenvalue weighted by Crippen LogP contribution is -2.01. The molecule has 1 N–H and O–H groups in total. The molecule has 0 amide bonds. The minimum absolute atomic E-state index is 0.00129. The van der Waals surface area contributed by atoms with Gasteiger partial charge < -0.3 is 10.2 Å². The van der Waals surface area contributed by atoms with Gasteiger partial charge >= 0.3 is 5.97 Å². The normalized spacial score (nSPS) is 10.5. The van der Waals surface area contributed by atoms with Crippen LogP contribution in [0, 0.1) is 20.8 Å². The van der Waals surface area contributed by atoms with Gasteiger partial charge in [-0.3, -0.25) is 0 Å². The fourth-order valence-corrected chi connectivity index (χ4v) is 2.40. The molecule has 0 unspecified atom stereocenters. The predicted octanol–water partition coefficient (Wildman–Crippen LogP) is 3.05. The summed E-state index contributed by atoms with van der Waals surface area (Å²) in [5, 5.41) is 20.8. The molecule has 0 saturated heterocycles. The Morgan fingerprint density at radius 1 is 1.11 bits per heavy atom. The Bertz CT molecular complexity index is 634. The second-order valence-corrected chi connectivity index (χ2v) is 4.72. The van der Waals surface area contributed by atoms with Crippen LogP contribution in [0.15, 0.2) is 30.3 Å². The van der Waals surface area contributed by atoms with E-state index in [4.69, 9.17) is 5.11 Å². The molecular formula is C16H15O3-. The van der Waals surface area contributed by atoms with Crippen LogP contribution < -0.4 is 5.11 Å². The number of rotatable bonds is 2. The summed E-state index contributed by atoms with van der Waals surface area (Å²) in [6.45, 7) is 5.53. The zero-order chi connectivity index (χ0) is 14.2. The van der Waals surface area contributed by atoms with Crippen LogP contribution in [-0.2, 0) is 0 Å². The van der Waals surface area contributed by atoms with Gasteiger partial charge in [-0.2, -0.15) is 0 Å². The molecule has 19 heavy (non-hydrogen) atoms. The zero-order valence-corrected chi connectivity index (χ0v) is 11.2. The molecule has 0 fully saturated rings. The molecule has 0 aliphatic rings. The largest absolute Gasteiger partial charge is 0.872 e. The first-order valence-electron chi connectivity index (χ1n) is 6.03. The first-order valence-corrected chi connectivity index (χ1v) is 6.03. The van der Waals surface area contributed by atoms with E-state index < -0.39 is 5.97 Å².